The maximum Gasteiger partial charge on any atom is 0.311 e. The number of aromatic nitrogens is 2. The van der Waals surface area contributed by atoms with Crippen LogP contribution in [0.4, 0.5) is 5.82 Å². The van der Waals surface area contributed by atoms with E-state index in [9.17, 15) is 9.90 Å². The molecule has 0 saturated heterocycles. The number of para-hydroxylation sites is 1. The molecule has 0 saturated carbocycles. The van der Waals surface area contributed by atoms with E-state index in [-0.39, 0.29) is 0 Å². The average molecular weight is 273 g/mol. The van der Waals surface area contributed by atoms with Crippen molar-refractivity contribution in [1.82, 2.24) is 9.97 Å². The van der Waals surface area contributed by atoms with Gasteiger partial charge in [0.15, 0.2) is 0 Å². The molecule has 5 heteroatoms. The molecule has 1 aromatic heterocycles. The molecule has 2 aromatic rings. The third-order valence-corrected chi connectivity index (χ3v) is 4.07. The van der Waals surface area contributed by atoms with Gasteiger partial charge in [0.2, 0.25) is 0 Å². The van der Waals surface area contributed by atoms with Gasteiger partial charge in [-0.05, 0) is 39.8 Å². The number of carboxylic acid groups (broad SMARTS) is 1. The lowest BCUT2D eigenvalue weighted by Crippen LogP contribution is -2.50. The Balaban J connectivity index is 2.44. The van der Waals surface area contributed by atoms with Gasteiger partial charge in [0.25, 0.3) is 0 Å². The summed E-state index contributed by atoms with van der Waals surface area (Å²) in [5.74, 6) is -0.205. The number of rotatable bonds is 4. The van der Waals surface area contributed by atoms with Crippen LogP contribution >= 0.6 is 0 Å². The minimum absolute atomic E-state index is 0.648. The standard InChI is InChI=1S/C15H19N3O2/c1-14(2,13(19)20)15(3,4)18-12-10-7-5-6-8-11(10)16-9-17-12/h5-9H,1-4H3,(H,19,20)(H,16,17,18). The summed E-state index contributed by atoms with van der Waals surface area (Å²) in [6.45, 7) is 7.12. The van der Waals surface area contributed by atoms with Crippen LogP contribution in [-0.4, -0.2) is 26.6 Å². The summed E-state index contributed by atoms with van der Waals surface area (Å²) in [6.07, 6.45) is 1.48. The van der Waals surface area contributed by atoms with Crippen LogP contribution in [0, 0.1) is 5.41 Å². The second kappa shape index (κ2) is 4.74. The summed E-state index contributed by atoms with van der Waals surface area (Å²) in [7, 11) is 0. The number of carboxylic acids is 1. The van der Waals surface area contributed by atoms with Crippen LogP contribution in [0.5, 0.6) is 0 Å². The molecule has 0 spiro atoms. The predicted octanol–water partition coefficient (Wildman–Crippen LogP) is 2.93. The summed E-state index contributed by atoms with van der Waals surface area (Å²) in [5.41, 5.74) is -0.788. The Labute approximate surface area is 118 Å². The molecule has 2 rings (SSSR count). The summed E-state index contributed by atoms with van der Waals surface area (Å²) in [6, 6.07) is 7.64. The van der Waals surface area contributed by atoms with Crippen molar-refractivity contribution in [2.75, 3.05) is 5.32 Å². The van der Waals surface area contributed by atoms with Crippen LogP contribution in [0.1, 0.15) is 27.7 Å². The summed E-state index contributed by atoms with van der Waals surface area (Å²) < 4.78 is 0. The first kappa shape index (κ1) is 14.2. The topological polar surface area (TPSA) is 75.1 Å². The van der Waals surface area contributed by atoms with Gasteiger partial charge in [0.1, 0.15) is 12.1 Å². The highest BCUT2D eigenvalue weighted by atomic mass is 16.4. The number of fused-ring (bicyclic) bond motifs is 1. The van der Waals surface area contributed by atoms with E-state index in [0.29, 0.717) is 5.82 Å². The van der Waals surface area contributed by atoms with Crippen LogP contribution < -0.4 is 5.32 Å². The zero-order valence-electron chi connectivity index (χ0n) is 12.1. The molecule has 1 aromatic carbocycles. The van der Waals surface area contributed by atoms with Gasteiger partial charge in [-0.15, -0.1) is 0 Å². The second-order valence-electron chi connectivity index (χ2n) is 5.92. The van der Waals surface area contributed by atoms with Crippen molar-refractivity contribution in [2.45, 2.75) is 33.2 Å². The van der Waals surface area contributed by atoms with Gasteiger partial charge in [0.05, 0.1) is 10.9 Å². The van der Waals surface area contributed by atoms with Crippen LogP contribution in [-0.2, 0) is 4.79 Å². The smallest absolute Gasteiger partial charge is 0.311 e. The Morgan fingerprint density at radius 3 is 2.45 bits per heavy atom. The minimum atomic E-state index is -0.945. The summed E-state index contributed by atoms with van der Waals surface area (Å²) in [5, 5.41) is 13.5. The summed E-state index contributed by atoms with van der Waals surface area (Å²) >= 11 is 0. The fraction of sp³-hybridized carbons (Fsp3) is 0.400. The van der Waals surface area contributed by atoms with Gasteiger partial charge in [-0.2, -0.15) is 0 Å². The molecule has 20 heavy (non-hydrogen) atoms. The number of nitrogens with one attached hydrogen (secondary N) is 1. The average Bonchev–Trinajstić information content (AvgIpc) is 2.38. The lowest BCUT2D eigenvalue weighted by Gasteiger charge is -2.39. The van der Waals surface area contributed by atoms with Crippen molar-refractivity contribution in [3.63, 3.8) is 0 Å². The number of anilines is 1. The highest BCUT2D eigenvalue weighted by Crippen LogP contribution is 2.34. The fourth-order valence-electron chi connectivity index (χ4n) is 1.82. The molecule has 106 valence electrons. The molecule has 0 aliphatic rings. The number of aliphatic carboxylic acids is 1. The van der Waals surface area contributed by atoms with Gasteiger partial charge in [-0.25, -0.2) is 9.97 Å². The Bertz CT molecular complexity index is 645. The molecule has 0 radical (unpaired) electrons. The van der Waals surface area contributed by atoms with Crippen molar-refractivity contribution in [3.8, 4) is 0 Å². The Morgan fingerprint density at radius 1 is 1.15 bits per heavy atom. The highest BCUT2D eigenvalue weighted by molar-refractivity contribution is 5.89. The van der Waals surface area contributed by atoms with Gasteiger partial charge in [-0.3, -0.25) is 4.79 Å². The molecule has 0 aliphatic carbocycles. The lowest BCUT2D eigenvalue weighted by atomic mass is 9.74. The molecular weight excluding hydrogens is 254 g/mol. The molecule has 5 nitrogen and oxygen atoms in total. The molecule has 0 aliphatic heterocycles. The van der Waals surface area contributed by atoms with E-state index in [4.69, 9.17) is 0 Å². The first-order chi connectivity index (χ1) is 9.25. The molecular formula is C15H19N3O2. The molecule has 0 unspecified atom stereocenters. The predicted molar refractivity (Wildman–Crippen MR) is 78.7 cm³/mol. The largest absolute Gasteiger partial charge is 0.481 e. The fourth-order valence-corrected chi connectivity index (χ4v) is 1.82. The van der Waals surface area contributed by atoms with Crippen LogP contribution in [0.2, 0.25) is 0 Å². The van der Waals surface area contributed by atoms with Gasteiger partial charge < -0.3 is 10.4 Å². The number of carbonyl (C=O) groups is 1. The van der Waals surface area contributed by atoms with E-state index < -0.39 is 16.9 Å². The normalized spacial score (nSPS) is 12.4. The number of hydrogen-bond acceptors (Lipinski definition) is 4. The first-order valence-corrected chi connectivity index (χ1v) is 6.47. The molecule has 0 bridgehead atoms. The molecule has 2 N–H and O–H groups in total. The van der Waals surface area contributed by atoms with E-state index in [1.807, 2.05) is 38.1 Å². The van der Waals surface area contributed by atoms with E-state index in [1.54, 1.807) is 13.8 Å². The van der Waals surface area contributed by atoms with E-state index >= 15 is 0 Å². The third kappa shape index (κ3) is 2.31. The minimum Gasteiger partial charge on any atom is -0.481 e. The third-order valence-electron chi connectivity index (χ3n) is 4.07. The summed E-state index contributed by atoms with van der Waals surface area (Å²) in [4.78, 5) is 19.9. The maximum absolute atomic E-state index is 11.4. The van der Waals surface area contributed by atoms with Crippen molar-refractivity contribution in [3.05, 3.63) is 30.6 Å². The number of nitrogens with zero attached hydrogens (tertiary/aromatic N) is 2. The van der Waals surface area contributed by atoms with E-state index in [0.717, 1.165) is 10.9 Å². The molecule has 0 fully saturated rings. The maximum atomic E-state index is 11.4. The van der Waals surface area contributed by atoms with E-state index in [1.165, 1.54) is 6.33 Å². The monoisotopic (exact) mass is 273 g/mol. The quantitative estimate of drug-likeness (QED) is 0.895. The number of benzene rings is 1. The van der Waals surface area contributed by atoms with Crippen molar-refractivity contribution in [2.24, 2.45) is 5.41 Å². The van der Waals surface area contributed by atoms with Crippen LogP contribution in [0.3, 0.4) is 0 Å². The zero-order chi connectivity index (χ0) is 15.0. The van der Waals surface area contributed by atoms with Gasteiger partial charge in [-0.1, -0.05) is 12.1 Å². The van der Waals surface area contributed by atoms with Crippen molar-refractivity contribution < 1.29 is 9.90 Å². The van der Waals surface area contributed by atoms with Gasteiger partial charge >= 0.3 is 5.97 Å². The molecule has 1 heterocycles. The van der Waals surface area contributed by atoms with Gasteiger partial charge in [0, 0.05) is 10.9 Å². The molecule has 0 amide bonds. The Kier molecular flexibility index (Phi) is 3.38. The Hall–Kier alpha value is -2.17. The first-order valence-electron chi connectivity index (χ1n) is 6.47. The second-order valence-corrected chi connectivity index (χ2v) is 5.92. The van der Waals surface area contributed by atoms with Crippen molar-refractivity contribution in [1.29, 1.82) is 0 Å². The molecule has 0 atom stereocenters. The van der Waals surface area contributed by atoms with E-state index in [2.05, 4.69) is 15.3 Å². The van der Waals surface area contributed by atoms with Crippen molar-refractivity contribution >= 4 is 22.7 Å². The highest BCUT2D eigenvalue weighted by Gasteiger charge is 2.43. The lowest BCUT2D eigenvalue weighted by molar-refractivity contribution is -0.149. The van der Waals surface area contributed by atoms with Crippen LogP contribution in [0.25, 0.3) is 10.9 Å². The Morgan fingerprint density at radius 2 is 1.80 bits per heavy atom. The van der Waals surface area contributed by atoms with Crippen LogP contribution in [0.15, 0.2) is 30.6 Å². The SMILES string of the molecule is CC(C)(Nc1ncnc2ccccc12)C(C)(C)C(=O)O. The number of hydrogen-bond donors (Lipinski definition) is 2. The zero-order valence-corrected chi connectivity index (χ0v) is 12.1.